The van der Waals surface area contributed by atoms with Crippen LogP contribution in [0.1, 0.15) is 27.6 Å². The van der Waals surface area contributed by atoms with E-state index >= 15 is 0 Å². The molecule has 118 valence electrons. The second kappa shape index (κ2) is 6.42. The number of aromatic nitrogens is 1. The molecule has 0 saturated carbocycles. The van der Waals surface area contributed by atoms with E-state index in [2.05, 4.69) is 16.8 Å². The summed E-state index contributed by atoms with van der Waals surface area (Å²) in [5.41, 5.74) is 1.88. The smallest absolute Gasteiger partial charge is 0.126 e. The Balaban J connectivity index is 1.59. The van der Waals surface area contributed by atoms with Crippen molar-refractivity contribution in [1.29, 1.82) is 0 Å². The minimum Gasteiger partial charge on any atom is -0.298 e. The summed E-state index contributed by atoms with van der Waals surface area (Å²) < 4.78 is 26.5. The van der Waals surface area contributed by atoms with Gasteiger partial charge in [-0.1, -0.05) is 0 Å². The lowest BCUT2D eigenvalue weighted by molar-refractivity contribution is 0.318. The van der Waals surface area contributed by atoms with Crippen molar-refractivity contribution in [2.75, 3.05) is 13.1 Å². The van der Waals surface area contributed by atoms with E-state index in [1.54, 1.807) is 11.3 Å². The van der Waals surface area contributed by atoms with E-state index in [-0.39, 0.29) is 0 Å². The van der Waals surface area contributed by atoms with Crippen molar-refractivity contribution >= 4 is 11.3 Å². The van der Waals surface area contributed by atoms with Crippen LogP contribution in [0.15, 0.2) is 18.2 Å². The molecule has 1 atom stereocenters. The van der Waals surface area contributed by atoms with Crippen LogP contribution in [0.25, 0.3) is 0 Å². The molecule has 0 aliphatic carbocycles. The Bertz CT molecular complexity index is 648. The Hall–Kier alpha value is -1.33. The average Bonchev–Trinajstić information content (AvgIpc) is 2.96. The van der Waals surface area contributed by atoms with Crippen LogP contribution in [0.2, 0.25) is 0 Å². The van der Waals surface area contributed by atoms with Gasteiger partial charge in [0.1, 0.15) is 11.6 Å². The second-order valence-corrected chi connectivity index (χ2v) is 7.40. The molecule has 0 radical (unpaired) electrons. The summed E-state index contributed by atoms with van der Waals surface area (Å²) in [4.78, 5) is 8.21. The molecular formula is C17H20F2N2S. The summed E-state index contributed by atoms with van der Waals surface area (Å²) in [6, 6.07) is 3.82. The molecule has 2 aromatic rings. The molecule has 1 aromatic carbocycles. The number of likely N-dealkylation sites (tertiary alicyclic amines) is 1. The van der Waals surface area contributed by atoms with Gasteiger partial charge in [0.15, 0.2) is 0 Å². The summed E-state index contributed by atoms with van der Waals surface area (Å²) in [6.45, 7) is 7.05. The van der Waals surface area contributed by atoms with E-state index in [0.29, 0.717) is 5.92 Å². The number of nitrogens with zero attached hydrogens (tertiary/aromatic N) is 2. The molecule has 2 nitrogen and oxygen atoms in total. The van der Waals surface area contributed by atoms with Crippen molar-refractivity contribution in [2.24, 2.45) is 5.92 Å². The van der Waals surface area contributed by atoms with E-state index in [4.69, 9.17) is 0 Å². The van der Waals surface area contributed by atoms with Gasteiger partial charge in [0, 0.05) is 24.0 Å². The predicted octanol–water partition coefficient (Wildman–Crippen LogP) is 4.10. The zero-order valence-electron chi connectivity index (χ0n) is 12.9. The van der Waals surface area contributed by atoms with Crippen LogP contribution in [-0.4, -0.2) is 23.0 Å². The first kappa shape index (κ1) is 15.6. The van der Waals surface area contributed by atoms with Crippen LogP contribution in [0.3, 0.4) is 0 Å². The Morgan fingerprint density at radius 1 is 1.23 bits per heavy atom. The van der Waals surface area contributed by atoms with Crippen LogP contribution < -0.4 is 0 Å². The minimum atomic E-state index is -0.486. The molecule has 1 aliphatic rings. The van der Waals surface area contributed by atoms with E-state index in [0.717, 1.165) is 54.8 Å². The quantitative estimate of drug-likeness (QED) is 0.842. The number of rotatable bonds is 4. The molecule has 0 amide bonds. The molecule has 1 saturated heterocycles. The van der Waals surface area contributed by atoms with Crippen molar-refractivity contribution < 1.29 is 8.78 Å². The highest BCUT2D eigenvalue weighted by molar-refractivity contribution is 7.11. The monoisotopic (exact) mass is 322 g/mol. The highest BCUT2D eigenvalue weighted by Gasteiger charge is 2.24. The number of benzene rings is 1. The van der Waals surface area contributed by atoms with Crippen LogP contribution >= 0.6 is 11.3 Å². The van der Waals surface area contributed by atoms with Crippen LogP contribution in [0, 0.1) is 31.4 Å². The molecule has 22 heavy (non-hydrogen) atoms. The van der Waals surface area contributed by atoms with Crippen LogP contribution in [0.5, 0.6) is 0 Å². The lowest BCUT2D eigenvalue weighted by Crippen LogP contribution is -2.20. The third-order valence-corrected chi connectivity index (χ3v) is 5.24. The Morgan fingerprint density at radius 3 is 2.59 bits per heavy atom. The van der Waals surface area contributed by atoms with E-state index in [9.17, 15) is 8.78 Å². The van der Waals surface area contributed by atoms with Gasteiger partial charge in [-0.15, -0.1) is 11.3 Å². The molecular weight excluding hydrogens is 302 g/mol. The maximum atomic E-state index is 13.3. The number of halogens is 2. The fourth-order valence-electron chi connectivity index (χ4n) is 3.21. The summed E-state index contributed by atoms with van der Waals surface area (Å²) in [5, 5.41) is 1.11. The van der Waals surface area contributed by atoms with Gasteiger partial charge in [-0.3, -0.25) is 4.90 Å². The predicted molar refractivity (Wildman–Crippen MR) is 85.0 cm³/mol. The highest BCUT2D eigenvalue weighted by atomic mass is 32.1. The molecule has 1 aromatic heterocycles. The summed E-state index contributed by atoms with van der Waals surface area (Å²) >= 11 is 1.76. The first-order valence-electron chi connectivity index (χ1n) is 7.60. The fraction of sp³-hybridized carbons (Fsp3) is 0.471. The fourth-order valence-corrected chi connectivity index (χ4v) is 4.19. The summed E-state index contributed by atoms with van der Waals surface area (Å²) in [5.74, 6) is -0.503. The van der Waals surface area contributed by atoms with Crippen molar-refractivity contribution in [1.82, 2.24) is 9.88 Å². The summed E-state index contributed by atoms with van der Waals surface area (Å²) in [7, 11) is 0. The molecule has 5 heteroatoms. The Kier molecular flexibility index (Phi) is 4.54. The maximum Gasteiger partial charge on any atom is 0.126 e. The first-order chi connectivity index (χ1) is 10.5. The average molecular weight is 322 g/mol. The lowest BCUT2D eigenvalue weighted by atomic mass is 9.98. The van der Waals surface area contributed by atoms with Gasteiger partial charge < -0.3 is 0 Å². The third kappa shape index (κ3) is 3.70. The summed E-state index contributed by atoms with van der Waals surface area (Å²) in [6.07, 6.45) is 1.82. The van der Waals surface area contributed by atoms with Gasteiger partial charge in [-0.05, 0) is 56.8 Å². The number of hydrogen-bond acceptors (Lipinski definition) is 3. The normalized spacial score (nSPS) is 19.0. The van der Waals surface area contributed by atoms with Crippen molar-refractivity contribution in [3.63, 3.8) is 0 Å². The SMILES string of the molecule is Cc1nc(C)c(CN2CCC(Cc3cc(F)cc(F)c3)C2)s1. The Morgan fingerprint density at radius 2 is 1.95 bits per heavy atom. The minimum absolute atomic E-state index is 0.468. The number of hydrogen-bond donors (Lipinski definition) is 0. The van der Waals surface area contributed by atoms with E-state index in [1.165, 1.54) is 17.0 Å². The van der Waals surface area contributed by atoms with Gasteiger partial charge in [0.05, 0.1) is 10.7 Å². The zero-order chi connectivity index (χ0) is 15.7. The maximum absolute atomic E-state index is 13.3. The topological polar surface area (TPSA) is 16.1 Å². The van der Waals surface area contributed by atoms with Gasteiger partial charge in [0.2, 0.25) is 0 Å². The van der Waals surface area contributed by atoms with Crippen molar-refractivity contribution in [2.45, 2.75) is 33.2 Å². The molecule has 2 heterocycles. The third-order valence-electron chi connectivity index (χ3n) is 4.18. The number of aryl methyl sites for hydroxylation is 2. The molecule has 0 N–H and O–H groups in total. The highest BCUT2D eigenvalue weighted by Crippen LogP contribution is 2.26. The van der Waals surface area contributed by atoms with Gasteiger partial charge in [0.25, 0.3) is 0 Å². The second-order valence-electron chi connectivity index (χ2n) is 6.11. The van der Waals surface area contributed by atoms with E-state index < -0.39 is 11.6 Å². The van der Waals surface area contributed by atoms with Crippen molar-refractivity contribution in [3.8, 4) is 0 Å². The first-order valence-corrected chi connectivity index (χ1v) is 8.41. The van der Waals surface area contributed by atoms with Gasteiger partial charge >= 0.3 is 0 Å². The molecule has 0 bridgehead atoms. The van der Waals surface area contributed by atoms with Crippen LogP contribution in [-0.2, 0) is 13.0 Å². The molecule has 1 fully saturated rings. The largest absolute Gasteiger partial charge is 0.298 e. The molecule has 1 unspecified atom stereocenters. The van der Waals surface area contributed by atoms with E-state index in [1.807, 2.05) is 6.92 Å². The molecule has 0 spiro atoms. The van der Waals surface area contributed by atoms with Crippen molar-refractivity contribution in [3.05, 3.63) is 51.0 Å². The zero-order valence-corrected chi connectivity index (χ0v) is 13.7. The Labute approximate surface area is 133 Å². The molecule has 3 rings (SSSR count). The lowest BCUT2D eigenvalue weighted by Gasteiger charge is -2.15. The molecule has 1 aliphatic heterocycles. The standard InChI is InChI=1S/C17H20F2N2S/c1-11-17(22-12(2)20-11)10-21-4-3-13(9-21)5-14-6-15(18)8-16(19)7-14/h6-8,13H,3-5,9-10H2,1-2H3. The van der Waals surface area contributed by atoms with Gasteiger partial charge in [-0.2, -0.15) is 0 Å². The van der Waals surface area contributed by atoms with Gasteiger partial charge in [-0.25, -0.2) is 13.8 Å². The number of thiazole rings is 1. The van der Waals surface area contributed by atoms with Crippen LogP contribution in [0.4, 0.5) is 8.78 Å².